The van der Waals surface area contributed by atoms with Crippen LogP contribution in [-0.2, 0) is 6.54 Å². The first-order valence-corrected chi connectivity index (χ1v) is 9.01. The van der Waals surface area contributed by atoms with E-state index >= 15 is 0 Å². The monoisotopic (exact) mass is 346 g/mol. The molecule has 1 aromatic carbocycles. The summed E-state index contributed by atoms with van der Waals surface area (Å²) in [4.78, 5) is 2.47. The zero-order chi connectivity index (χ0) is 17.8. The quantitative estimate of drug-likeness (QED) is 0.666. The molecule has 1 fully saturated rings. The van der Waals surface area contributed by atoms with E-state index < -0.39 is 0 Å². The molecule has 5 heteroatoms. The molecule has 1 aliphatic rings. The maximum Gasteiger partial charge on any atom is 0.160 e. The molecule has 4 rings (SSSR count). The Labute approximate surface area is 153 Å². The number of ether oxygens (including phenoxy) is 1. The first-order chi connectivity index (χ1) is 12.8. The van der Waals surface area contributed by atoms with Crippen LogP contribution in [0.5, 0.6) is 5.75 Å². The van der Waals surface area contributed by atoms with Crippen LogP contribution in [0.15, 0.2) is 48.7 Å². The van der Waals surface area contributed by atoms with Gasteiger partial charge in [0.25, 0.3) is 0 Å². The minimum Gasteiger partial charge on any atom is -0.481 e. The number of para-hydroxylation sites is 1. The average molecular weight is 346 g/mol. The van der Waals surface area contributed by atoms with E-state index in [2.05, 4.69) is 31.5 Å². The van der Waals surface area contributed by atoms with Crippen molar-refractivity contribution in [3.05, 3.63) is 60.0 Å². The number of hydrogen-bond acceptors (Lipinski definition) is 4. The molecular formula is C21H22N4O. The molecule has 0 saturated carbocycles. The molecule has 0 N–H and O–H groups in total. The number of aromatic nitrogens is 3. The highest BCUT2D eigenvalue weighted by Gasteiger charge is 2.25. The lowest BCUT2D eigenvalue weighted by Crippen LogP contribution is -2.34. The van der Waals surface area contributed by atoms with Crippen molar-refractivity contribution in [1.82, 2.24) is 19.5 Å². The van der Waals surface area contributed by atoms with E-state index in [-0.39, 0.29) is 0 Å². The highest BCUT2D eigenvalue weighted by atomic mass is 16.5. The molecule has 0 radical (unpaired) electrons. The Balaban J connectivity index is 1.50. The van der Waals surface area contributed by atoms with Crippen LogP contribution >= 0.6 is 0 Å². The predicted molar refractivity (Wildman–Crippen MR) is 101 cm³/mol. The van der Waals surface area contributed by atoms with Crippen LogP contribution in [0.1, 0.15) is 30.1 Å². The maximum atomic E-state index is 5.70. The third-order valence-electron chi connectivity index (χ3n) is 4.89. The Kier molecular flexibility index (Phi) is 4.85. The van der Waals surface area contributed by atoms with Crippen molar-refractivity contribution >= 4 is 5.65 Å². The van der Waals surface area contributed by atoms with Gasteiger partial charge in [0.15, 0.2) is 5.65 Å². The van der Waals surface area contributed by atoms with Gasteiger partial charge in [-0.3, -0.25) is 9.30 Å². The van der Waals surface area contributed by atoms with Crippen molar-refractivity contribution in [2.24, 2.45) is 0 Å². The van der Waals surface area contributed by atoms with Gasteiger partial charge in [-0.15, -0.1) is 16.6 Å². The Bertz CT molecular complexity index is 927. The SMILES string of the molecule is C#CCOc1ccccc1CN1CCC[C@H](c2nnc3ccccn23)C1. The van der Waals surface area contributed by atoms with E-state index in [4.69, 9.17) is 11.2 Å². The third-order valence-corrected chi connectivity index (χ3v) is 4.89. The second kappa shape index (κ2) is 7.59. The van der Waals surface area contributed by atoms with Gasteiger partial charge in [-0.25, -0.2) is 0 Å². The first kappa shape index (κ1) is 16.6. The normalized spacial score (nSPS) is 17.9. The molecule has 0 unspecified atom stereocenters. The lowest BCUT2D eigenvalue weighted by Gasteiger charge is -2.32. The van der Waals surface area contributed by atoms with Crippen LogP contribution in [-0.4, -0.2) is 39.2 Å². The predicted octanol–water partition coefficient (Wildman–Crippen LogP) is 3.12. The van der Waals surface area contributed by atoms with Crippen molar-refractivity contribution in [1.29, 1.82) is 0 Å². The maximum absolute atomic E-state index is 5.70. The van der Waals surface area contributed by atoms with Crippen LogP contribution in [0.2, 0.25) is 0 Å². The van der Waals surface area contributed by atoms with E-state index in [1.54, 1.807) is 0 Å². The Morgan fingerprint density at radius 3 is 2.96 bits per heavy atom. The van der Waals surface area contributed by atoms with Crippen LogP contribution in [0.4, 0.5) is 0 Å². The Morgan fingerprint density at radius 2 is 2.04 bits per heavy atom. The summed E-state index contributed by atoms with van der Waals surface area (Å²) in [6.07, 6.45) is 9.67. The van der Waals surface area contributed by atoms with E-state index in [0.29, 0.717) is 12.5 Å². The molecule has 26 heavy (non-hydrogen) atoms. The summed E-state index contributed by atoms with van der Waals surface area (Å²) in [5.74, 6) is 4.86. The standard InChI is InChI=1S/C21H22N4O/c1-2-14-26-19-10-4-3-8-17(19)15-24-12-7-9-18(16-24)21-23-22-20-11-5-6-13-25(20)21/h1,3-6,8,10-11,13,18H,7,9,12,14-16H2/t18-/m0/s1. The minimum absolute atomic E-state index is 0.297. The topological polar surface area (TPSA) is 42.7 Å². The van der Waals surface area contributed by atoms with Crippen LogP contribution in [0.25, 0.3) is 5.65 Å². The molecule has 0 aliphatic carbocycles. The van der Waals surface area contributed by atoms with Crippen LogP contribution in [0.3, 0.4) is 0 Å². The summed E-state index contributed by atoms with van der Waals surface area (Å²) in [5, 5.41) is 8.76. The molecule has 0 bridgehead atoms. The second-order valence-corrected chi connectivity index (χ2v) is 6.66. The third kappa shape index (κ3) is 3.42. The van der Waals surface area contributed by atoms with Gasteiger partial charge >= 0.3 is 0 Å². The number of fused-ring (bicyclic) bond motifs is 1. The first-order valence-electron chi connectivity index (χ1n) is 9.01. The molecule has 1 saturated heterocycles. The van der Waals surface area contributed by atoms with Gasteiger partial charge in [-0.1, -0.05) is 30.2 Å². The van der Waals surface area contributed by atoms with Crippen molar-refractivity contribution < 1.29 is 4.74 Å². The molecule has 0 amide bonds. The summed E-state index contributed by atoms with van der Waals surface area (Å²) >= 11 is 0. The number of piperidine rings is 1. The Hall–Kier alpha value is -2.84. The molecular weight excluding hydrogens is 324 g/mol. The lowest BCUT2D eigenvalue weighted by atomic mass is 9.96. The van der Waals surface area contributed by atoms with Gasteiger partial charge in [-0.05, 0) is 37.6 Å². The minimum atomic E-state index is 0.297. The van der Waals surface area contributed by atoms with Gasteiger partial charge in [0.2, 0.25) is 0 Å². The molecule has 3 heterocycles. The van der Waals surface area contributed by atoms with Crippen molar-refractivity contribution in [3.8, 4) is 18.1 Å². The fourth-order valence-electron chi connectivity index (χ4n) is 3.68. The molecule has 3 aromatic rings. The number of rotatable bonds is 5. The molecule has 5 nitrogen and oxygen atoms in total. The molecule has 2 aromatic heterocycles. The largest absolute Gasteiger partial charge is 0.481 e. The summed E-state index contributed by atoms with van der Waals surface area (Å²) in [6, 6.07) is 14.1. The molecule has 132 valence electrons. The average Bonchev–Trinajstić information content (AvgIpc) is 3.12. The molecule has 1 aliphatic heterocycles. The zero-order valence-corrected chi connectivity index (χ0v) is 14.7. The van der Waals surface area contributed by atoms with E-state index in [0.717, 1.165) is 49.7 Å². The van der Waals surface area contributed by atoms with Crippen molar-refractivity contribution in [3.63, 3.8) is 0 Å². The number of nitrogens with zero attached hydrogens (tertiary/aromatic N) is 4. The Morgan fingerprint density at radius 1 is 1.15 bits per heavy atom. The number of likely N-dealkylation sites (tertiary alicyclic amines) is 1. The van der Waals surface area contributed by atoms with Gasteiger partial charge in [0.05, 0.1) is 0 Å². The summed E-state index contributed by atoms with van der Waals surface area (Å²) in [5.41, 5.74) is 2.09. The van der Waals surface area contributed by atoms with Crippen molar-refractivity contribution in [2.75, 3.05) is 19.7 Å². The summed E-state index contributed by atoms with van der Waals surface area (Å²) in [6.45, 7) is 3.20. The van der Waals surface area contributed by atoms with Gasteiger partial charge in [0, 0.05) is 30.8 Å². The van der Waals surface area contributed by atoms with E-state index in [9.17, 15) is 0 Å². The smallest absolute Gasteiger partial charge is 0.160 e. The fourth-order valence-corrected chi connectivity index (χ4v) is 3.68. The highest BCUT2D eigenvalue weighted by Crippen LogP contribution is 2.28. The number of pyridine rings is 1. The van der Waals surface area contributed by atoms with Crippen molar-refractivity contribution in [2.45, 2.75) is 25.3 Å². The summed E-state index contributed by atoms with van der Waals surface area (Å²) < 4.78 is 7.80. The second-order valence-electron chi connectivity index (χ2n) is 6.66. The zero-order valence-electron chi connectivity index (χ0n) is 14.7. The summed E-state index contributed by atoms with van der Waals surface area (Å²) in [7, 11) is 0. The van der Waals surface area contributed by atoms with Gasteiger partial charge < -0.3 is 4.74 Å². The number of terminal acetylenes is 1. The highest BCUT2D eigenvalue weighted by molar-refractivity contribution is 5.38. The molecule has 0 spiro atoms. The fraction of sp³-hybridized carbons (Fsp3) is 0.333. The van der Waals surface area contributed by atoms with Gasteiger partial charge in [0.1, 0.15) is 18.2 Å². The van der Waals surface area contributed by atoms with E-state index in [1.807, 2.05) is 42.6 Å². The number of hydrogen-bond donors (Lipinski definition) is 0. The van der Waals surface area contributed by atoms with E-state index in [1.165, 1.54) is 5.56 Å². The van der Waals surface area contributed by atoms with Gasteiger partial charge in [-0.2, -0.15) is 0 Å². The van der Waals surface area contributed by atoms with Crippen LogP contribution in [0, 0.1) is 12.3 Å². The lowest BCUT2D eigenvalue weighted by molar-refractivity contribution is 0.193. The molecule has 1 atom stereocenters. The van der Waals surface area contributed by atoms with Crippen LogP contribution < -0.4 is 4.74 Å². The number of benzene rings is 1.